The van der Waals surface area contributed by atoms with E-state index in [2.05, 4.69) is 78.5 Å². The first kappa shape index (κ1) is 15.7. The Morgan fingerprint density at radius 3 is 2.28 bits per heavy atom. The van der Waals surface area contributed by atoms with Crippen molar-refractivity contribution in [1.29, 1.82) is 0 Å². The lowest BCUT2D eigenvalue weighted by atomic mass is 10.1. The van der Waals surface area contributed by atoms with Crippen LogP contribution in [0.2, 0.25) is 0 Å². The molecule has 1 aromatic carbocycles. The molecule has 0 radical (unpaired) electrons. The van der Waals surface area contributed by atoms with Gasteiger partial charge < -0.3 is 10.6 Å². The molecule has 102 valence electrons. The Hall–Kier alpha value is -0.380. The van der Waals surface area contributed by atoms with Crippen molar-refractivity contribution in [1.82, 2.24) is 10.6 Å². The van der Waals surface area contributed by atoms with Crippen LogP contribution in [-0.2, 0) is 6.42 Å². The summed E-state index contributed by atoms with van der Waals surface area (Å²) in [7, 11) is 0. The minimum atomic E-state index is 0.205. The molecule has 0 saturated carbocycles. The summed E-state index contributed by atoms with van der Waals surface area (Å²) in [6.07, 6.45) is 1.07. The molecule has 2 N–H and O–H groups in total. The van der Waals surface area contributed by atoms with E-state index in [0.717, 1.165) is 24.0 Å². The average molecular weight is 313 g/mol. The highest BCUT2D eigenvalue weighted by molar-refractivity contribution is 9.10. The highest BCUT2D eigenvalue weighted by atomic mass is 79.9. The van der Waals surface area contributed by atoms with Crippen LogP contribution in [0.25, 0.3) is 0 Å². The van der Waals surface area contributed by atoms with Crippen molar-refractivity contribution in [2.24, 2.45) is 0 Å². The number of nitrogens with one attached hydrogen (secondary N) is 2. The SMILES string of the molecule is CC(Cc1ccc(Br)cc1)NCCNC(C)(C)C. The van der Waals surface area contributed by atoms with Gasteiger partial charge >= 0.3 is 0 Å². The largest absolute Gasteiger partial charge is 0.313 e. The average Bonchev–Trinajstić information content (AvgIpc) is 2.26. The summed E-state index contributed by atoms with van der Waals surface area (Å²) in [5.41, 5.74) is 1.58. The molecule has 0 aliphatic rings. The number of halogens is 1. The highest BCUT2D eigenvalue weighted by Crippen LogP contribution is 2.11. The molecule has 2 nitrogen and oxygen atoms in total. The van der Waals surface area contributed by atoms with Crippen molar-refractivity contribution in [3.63, 3.8) is 0 Å². The predicted octanol–water partition coefficient (Wildman–Crippen LogP) is 3.36. The molecular weight excluding hydrogens is 288 g/mol. The molecule has 1 aromatic rings. The van der Waals surface area contributed by atoms with E-state index in [1.165, 1.54) is 5.56 Å². The van der Waals surface area contributed by atoms with E-state index >= 15 is 0 Å². The molecule has 18 heavy (non-hydrogen) atoms. The fraction of sp³-hybridized carbons (Fsp3) is 0.600. The lowest BCUT2D eigenvalue weighted by Crippen LogP contribution is -2.42. The maximum absolute atomic E-state index is 3.54. The van der Waals surface area contributed by atoms with Gasteiger partial charge in [-0.05, 0) is 51.8 Å². The second-order valence-electron chi connectivity index (χ2n) is 5.86. The summed E-state index contributed by atoms with van der Waals surface area (Å²) in [6.45, 7) is 10.8. The molecular formula is C15H25BrN2. The van der Waals surface area contributed by atoms with Gasteiger partial charge in [0.2, 0.25) is 0 Å². The van der Waals surface area contributed by atoms with Crippen molar-refractivity contribution in [3.8, 4) is 0 Å². The molecule has 0 aromatic heterocycles. The van der Waals surface area contributed by atoms with Crippen LogP contribution in [0.15, 0.2) is 28.7 Å². The molecule has 0 saturated heterocycles. The number of hydrogen-bond donors (Lipinski definition) is 2. The Bertz CT molecular complexity index is 341. The zero-order valence-electron chi connectivity index (χ0n) is 11.9. The van der Waals surface area contributed by atoms with Gasteiger partial charge in [-0.1, -0.05) is 28.1 Å². The molecule has 3 heteroatoms. The van der Waals surface area contributed by atoms with E-state index in [0.29, 0.717) is 6.04 Å². The number of benzene rings is 1. The van der Waals surface area contributed by atoms with E-state index in [1.54, 1.807) is 0 Å². The van der Waals surface area contributed by atoms with Crippen LogP contribution in [0.4, 0.5) is 0 Å². The Labute approximate surface area is 120 Å². The molecule has 0 heterocycles. The fourth-order valence-electron chi connectivity index (χ4n) is 1.80. The van der Waals surface area contributed by atoms with Gasteiger partial charge in [-0.25, -0.2) is 0 Å². The standard InChI is InChI=1S/C15H25BrN2/c1-12(17-9-10-18-15(2,3)4)11-13-5-7-14(16)8-6-13/h5-8,12,17-18H,9-11H2,1-4H3. The smallest absolute Gasteiger partial charge is 0.0175 e. The Morgan fingerprint density at radius 2 is 1.72 bits per heavy atom. The molecule has 0 fully saturated rings. The van der Waals surface area contributed by atoms with Crippen LogP contribution < -0.4 is 10.6 Å². The number of hydrogen-bond acceptors (Lipinski definition) is 2. The quantitative estimate of drug-likeness (QED) is 0.787. The van der Waals surface area contributed by atoms with E-state index < -0.39 is 0 Å². The monoisotopic (exact) mass is 312 g/mol. The topological polar surface area (TPSA) is 24.1 Å². The van der Waals surface area contributed by atoms with Crippen LogP contribution in [-0.4, -0.2) is 24.7 Å². The molecule has 1 atom stereocenters. The zero-order chi connectivity index (χ0) is 13.6. The molecule has 0 amide bonds. The molecule has 0 spiro atoms. The summed E-state index contributed by atoms with van der Waals surface area (Å²) in [6, 6.07) is 9.06. The lowest BCUT2D eigenvalue weighted by molar-refractivity contribution is 0.412. The fourth-order valence-corrected chi connectivity index (χ4v) is 2.07. The summed E-state index contributed by atoms with van der Waals surface area (Å²) in [4.78, 5) is 0. The maximum Gasteiger partial charge on any atom is 0.0175 e. The second-order valence-corrected chi connectivity index (χ2v) is 6.78. The van der Waals surface area contributed by atoms with Crippen molar-refractivity contribution >= 4 is 15.9 Å². The van der Waals surface area contributed by atoms with Gasteiger partial charge in [0.25, 0.3) is 0 Å². The van der Waals surface area contributed by atoms with Gasteiger partial charge in [0.1, 0.15) is 0 Å². The van der Waals surface area contributed by atoms with Gasteiger partial charge in [0, 0.05) is 29.1 Å². The molecule has 0 aliphatic heterocycles. The van der Waals surface area contributed by atoms with Crippen molar-refractivity contribution in [2.45, 2.75) is 45.7 Å². The van der Waals surface area contributed by atoms with E-state index in [-0.39, 0.29) is 5.54 Å². The van der Waals surface area contributed by atoms with Gasteiger partial charge in [-0.3, -0.25) is 0 Å². The van der Waals surface area contributed by atoms with Gasteiger partial charge in [-0.15, -0.1) is 0 Å². The summed E-state index contributed by atoms with van der Waals surface area (Å²) in [5.74, 6) is 0. The second kappa shape index (κ2) is 7.27. The minimum absolute atomic E-state index is 0.205. The normalized spacial score (nSPS) is 13.6. The Kier molecular flexibility index (Phi) is 6.33. The minimum Gasteiger partial charge on any atom is -0.313 e. The summed E-state index contributed by atoms with van der Waals surface area (Å²) < 4.78 is 1.14. The highest BCUT2D eigenvalue weighted by Gasteiger charge is 2.08. The van der Waals surface area contributed by atoms with Crippen molar-refractivity contribution in [3.05, 3.63) is 34.3 Å². The maximum atomic E-state index is 3.54. The Balaban J connectivity index is 2.21. The third-order valence-electron chi connectivity index (χ3n) is 2.73. The predicted molar refractivity (Wildman–Crippen MR) is 83.1 cm³/mol. The first-order chi connectivity index (χ1) is 8.37. The van der Waals surface area contributed by atoms with Crippen LogP contribution in [0.5, 0.6) is 0 Å². The van der Waals surface area contributed by atoms with Gasteiger partial charge in [-0.2, -0.15) is 0 Å². The number of rotatable bonds is 6. The summed E-state index contributed by atoms with van der Waals surface area (Å²) in [5, 5.41) is 7.02. The first-order valence-corrected chi connectivity index (χ1v) is 7.39. The molecule has 0 aliphatic carbocycles. The van der Waals surface area contributed by atoms with E-state index in [1.807, 2.05) is 0 Å². The van der Waals surface area contributed by atoms with Crippen LogP contribution >= 0.6 is 15.9 Å². The summed E-state index contributed by atoms with van der Waals surface area (Å²) >= 11 is 3.46. The zero-order valence-corrected chi connectivity index (χ0v) is 13.5. The molecule has 0 bridgehead atoms. The van der Waals surface area contributed by atoms with E-state index in [9.17, 15) is 0 Å². The lowest BCUT2D eigenvalue weighted by Gasteiger charge is -2.21. The molecule has 1 rings (SSSR count). The molecule has 1 unspecified atom stereocenters. The van der Waals surface area contributed by atoms with Crippen LogP contribution in [0, 0.1) is 0 Å². The van der Waals surface area contributed by atoms with Gasteiger partial charge in [0.15, 0.2) is 0 Å². The first-order valence-electron chi connectivity index (χ1n) is 6.60. The van der Waals surface area contributed by atoms with Crippen molar-refractivity contribution in [2.75, 3.05) is 13.1 Å². The van der Waals surface area contributed by atoms with E-state index in [4.69, 9.17) is 0 Å². The van der Waals surface area contributed by atoms with Gasteiger partial charge in [0.05, 0.1) is 0 Å². The third kappa shape index (κ3) is 7.14. The van der Waals surface area contributed by atoms with Crippen molar-refractivity contribution < 1.29 is 0 Å². The third-order valence-corrected chi connectivity index (χ3v) is 3.26. The van der Waals surface area contributed by atoms with Crippen LogP contribution in [0.1, 0.15) is 33.3 Å². The Morgan fingerprint density at radius 1 is 1.11 bits per heavy atom. The van der Waals surface area contributed by atoms with Crippen LogP contribution in [0.3, 0.4) is 0 Å².